The summed E-state index contributed by atoms with van der Waals surface area (Å²) < 4.78 is 1.16. The van der Waals surface area contributed by atoms with Gasteiger partial charge in [0.25, 0.3) is 5.91 Å². The number of benzene rings is 2. The Kier molecular flexibility index (Phi) is 9.66. The monoisotopic (exact) mass is 682 g/mol. The van der Waals surface area contributed by atoms with Gasteiger partial charge in [-0.3, -0.25) is 19.2 Å². The zero-order valence-electron chi connectivity index (χ0n) is 26.6. The zero-order valence-corrected chi connectivity index (χ0v) is 30.5. The largest absolute Gasteiger partial charge is 1.00 e. The van der Waals surface area contributed by atoms with Gasteiger partial charge in [-0.2, -0.15) is 0 Å². The third kappa shape index (κ3) is 5.95. The Morgan fingerprint density at radius 3 is 2.47 bits per heavy atom. The van der Waals surface area contributed by atoms with Gasteiger partial charge in [-0.25, -0.2) is 0 Å². The van der Waals surface area contributed by atoms with Crippen molar-refractivity contribution in [2.45, 2.75) is 61.5 Å². The summed E-state index contributed by atoms with van der Waals surface area (Å²) in [4.78, 5) is 69.9. The van der Waals surface area contributed by atoms with Gasteiger partial charge in [-0.1, -0.05) is 30.3 Å². The quantitative estimate of drug-likeness (QED) is 0.176. The summed E-state index contributed by atoms with van der Waals surface area (Å²) in [5.74, 6) is -3.21. The molecule has 47 heavy (non-hydrogen) atoms. The number of hydrogen-bond donors (Lipinski definition) is 3. The third-order valence-electron chi connectivity index (χ3n) is 9.48. The van der Waals surface area contributed by atoms with Crippen LogP contribution >= 0.6 is 11.8 Å². The fourth-order valence-corrected chi connectivity index (χ4v) is 8.91. The first kappa shape index (κ1) is 34.2. The van der Waals surface area contributed by atoms with Crippen LogP contribution in [0, 0.1) is 0 Å². The van der Waals surface area contributed by atoms with Crippen LogP contribution in [0.3, 0.4) is 0 Å². The number of fused-ring (bicyclic) bond motifs is 1. The fourth-order valence-electron chi connectivity index (χ4n) is 7.29. The average molecular weight is 683 g/mol. The number of amides is 3. The third-order valence-corrected chi connectivity index (χ3v) is 11.1. The van der Waals surface area contributed by atoms with Gasteiger partial charge in [0, 0.05) is 54.7 Å². The minimum Gasteiger partial charge on any atom is -0.548 e. The second-order valence-electron chi connectivity index (χ2n) is 12.7. The van der Waals surface area contributed by atoms with Crippen molar-refractivity contribution < 1.29 is 75.7 Å². The molecule has 12 nitrogen and oxygen atoms in total. The standard InChI is InChI=1S/C33H36N6O6S.K/c1-33(2)27(32(44)45)39-30(43)24(31(39)46-33)36-29(42)23(18-7-4-3-5-8-18)35-28(41)21-17-38-14-6-9-19-22(37-15-12-34-13-16-37)11-10-20(25(19)38)26(21)40;/h3-5,7-8,10-11,17,23-24,27,31,34H,6,9,12-16H2,1-2H3,(H,35,41)(H,36,42)(H,44,45);/q;+1/p-1. The number of aliphatic carboxylic acids is 1. The van der Waals surface area contributed by atoms with Crippen molar-refractivity contribution in [2.24, 2.45) is 0 Å². The second-order valence-corrected chi connectivity index (χ2v) is 14.5. The minimum absolute atomic E-state index is 0. The molecule has 0 spiro atoms. The van der Waals surface area contributed by atoms with Crippen LogP contribution in [0.5, 0.6) is 0 Å². The smallest absolute Gasteiger partial charge is 0.548 e. The number of β-lactam (4-membered cyclic amide) rings is 1. The minimum atomic E-state index is -1.35. The Labute approximate surface area is 318 Å². The molecule has 3 aromatic rings. The molecule has 0 saturated carbocycles. The van der Waals surface area contributed by atoms with E-state index in [9.17, 15) is 29.1 Å². The summed E-state index contributed by atoms with van der Waals surface area (Å²) in [5, 5.41) is 20.6. The molecule has 3 fully saturated rings. The number of piperazine rings is 1. The van der Waals surface area contributed by atoms with Gasteiger partial charge in [0.1, 0.15) is 23.0 Å². The first-order valence-corrected chi connectivity index (χ1v) is 16.5. The number of pyridine rings is 1. The van der Waals surface area contributed by atoms with Gasteiger partial charge >= 0.3 is 51.4 Å². The first-order valence-electron chi connectivity index (χ1n) is 15.6. The van der Waals surface area contributed by atoms with E-state index in [1.54, 1.807) is 56.4 Å². The van der Waals surface area contributed by atoms with E-state index in [1.807, 2.05) is 10.6 Å². The van der Waals surface area contributed by atoms with Gasteiger partial charge in [0.15, 0.2) is 0 Å². The zero-order chi connectivity index (χ0) is 32.3. The van der Waals surface area contributed by atoms with Gasteiger partial charge < -0.3 is 40.2 Å². The van der Waals surface area contributed by atoms with Crippen molar-refractivity contribution in [1.29, 1.82) is 0 Å². The Morgan fingerprint density at radius 1 is 1.04 bits per heavy atom. The molecular weight excluding hydrogens is 648 g/mol. The predicted octanol–water partition coefficient (Wildman–Crippen LogP) is -2.87. The molecule has 3 N–H and O–H groups in total. The number of hydrogen-bond acceptors (Lipinski definition) is 9. The molecule has 4 unspecified atom stereocenters. The molecule has 4 aliphatic rings. The van der Waals surface area contributed by atoms with Crippen molar-refractivity contribution in [3.63, 3.8) is 0 Å². The SMILES string of the molecule is CC1(C)SC2C(NC(=O)C(NC(=O)c3cn4c5c(c(N6CCNCC6)ccc5c3=O)CCC4)c3ccccc3)C(=O)N2C1C(=O)[O-].[K+]. The molecule has 4 atom stereocenters. The van der Waals surface area contributed by atoms with E-state index in [2.05, 4.69) is 20.9 Å². The van der Waals surface area contributed by atoms with Crippen LogP contribution in [0.4, 0.5) is 5.69 Å². The van der Waals surface area contributed by atoms with Crippen molar-refractivity contribution in [3.05, 3.63) is 75.6 Å². The number of aromatic nitrogens is 1. The fraction of sp³-hybridized carbons (Fsp3) is 0.424. The van der Waals surface area contributed by atoms with E-state index in [4.69, 9.17) is 0 Å². The van der Waals surface area contributed by atoms with Gasteiger partial charge in [-0.05, 0) is 49.9 Å². The average Bonchev–Trinajstić information content (AvgIpc) is 3.32. The van der Waals surface area contributed by atoms with Gasteiger partial charge in [-0.15, -0.1) is 11.8 Å². The van der Waals surface area contributed by atoms with Crippen molar-refractivity contribution in [3.8, 4) is 0 Å². The number of rotatable bonds is 7. The van der Waals surface area contributed by atoms with Crippen LogP contribution in [0.1, 0.15) is 47.8 Å². The Balaban J connectivity index is 0.00000386. The maximum Gasteiger partial charge on any atom is 1.00 e. The maximum atomic E-state index is 13.8. The van der Waals surface area contributed by atoms with Crippen LogP contribution in [0.15, 0.2) is 53.5 Å². The van der Waals surface area contributed by atoms with E-state index < -0.39 is 57.4 Å². The molecule has 7 rings (SSSR count). The number of anilines is 1. The number of aryl methyl sites for hydroxylation is 2. The summed E-state index contributed by atoms with van der Waals surface area (Å²) >= 11 is 1.28. The van der Waals surface area contributed by atoms with Crippen molar-refractivity contribution in [2.75, 3.05) is 31.1 Å². The van der Waals surface area contributed by atoms with E-state index in [0.29, 0.717) is 17.5 Å². The van der Waals surface area contributed by atoms with E-state index in [1.165, 1.54) is 16.7 Å². The second kappa shape index (κ2) is 13.3. The van der Waals surface area contributed by atoms with Crippen molar-refractivity contribution in [1.82, 2.24) is 25.4 Å². The van der Waals surface area contributed by atoms with Gasteiger partial charge in [0.2, 0.25) is 17.2 Å². The van der Waals surface area contributed by atoms with Crippen LogP contribution in [-0.2, 0) is 27.3 Å². The number of carboxylic acid groups (broad SMARTS) is 1. The molecule has 1 aromatic heterocycles. The summed E-state index contributed by atoms with van der Waals surface area (Å²) in [6.45, 7) is 7.64. The molecule has 5 heterocycles. The molecule has 0 aliphatic carbocycles. The number of carbonyl (C=O) groups excluding carboxylic acids is 4. The Hall–Kier alpha value is -2.72. The molecule has 14 heteroatoms. The van der Waals surface area contributed by atoms with Crippen LogP contribution < -0.4 is 82.8 Å². The molecule has 0 radical (unpaired) electrons. The van der Waals surface area contributed by atoms with Crippen molar-refractivity contribution >= 4 is 52.0 Å². The molecule has 2 aromatic carbocycles. The summed E-state index contributed by atoms with van der Waals surface area (Å²) in [7, 11) is 0. The number of nitrogens with one attached hydrogen (secondary N) is 3. The summed E-state index contributed by atoms with van der Waals surface area (Å²) in [6.07, 6.45) is 3.30. The normalized spacial score (nSPS) is 23.3. The van der Waals surface area contributed by atoms with Crippen LogP contribution in [0.25, 0.3) is 10.9 Å². The molecule has 3 amide bonds. The number of thioether (sulfide) groups is 1. The van der Waals surface area contributed by atoms with Crippen LogP contribution in [-0.4, -0.2) is 81.5 Å². The van der Waals surface area contributed by atoms with Gasteiger partial charge in [0.05, 0.1) is 17.5 Å². The van der Waals surface area contributed by atoms with E-state index >= 15 is 0 Å². The number of nitrogens with zero attached hydrogens (tertiary/aromatic N) is 3. The summed E-state index contributed by atoms with van der Waals surface area (Å²) in [5.41, 5.74) is 3.08. The summed E-state index contributed by atoms with van der Waals surface area (Å²) in [6, 6.07) is 9.06. The maximum absolute atomic E-state index is 13.8. The molecular formula is C33H35KN6O6S. The Bertz CT molecular complexity index is 1830. The van der Waals surface area contributed by atoms with E-state index in [-0.39, 0.29) is 56.9 Å². The Morgan fingerprint density at radius 2 is 1.77 bits per heavy atom. The number of carboxylic acids is 1. The predicted molar refractivity (Wildman–Crippen MR) is 171 cm³/mol. The molecule has 4 aliphatic heterocycles. The molecule has 0 bridgehead atoms. The topological polar surface area (TPSA) is 156 Å². The number of carbonyl (C=O) groups is 4. The van der Waals surface area contributed by atoms with Crippen LogP contribution in [0.2, 0.25) is 0 Å². The molecule has 240 valence electrons. The van der Waals surface area contributed by atoms with E-state index in [0.717, 1.165) is 55.8 Å². The first-order chi connectivity index (χ1) is 22.1. The molecule has 3 saturated heterocycles.